The van der Waals surface area contributed by atoms with E-state index in [1.54, 1.807) is 12.1 Å². The van der Waals surface area contributed by atoms with Crippen LogP contribution in [0.2, 0.25) is 0 Å². The number of aromatic nitrogens is 2. The maximum Gasteiger partial charge on any atom is 0.172 e. The van der Waals surface area contributed by atoms with Crippen molar-refractivity contribution in [2.75, 3.05) is 5.43 Å². The first-order valence-corrected chi connectivity index (χ1v) is 3.42. The number of benzene rings is 1. The molecule has 0 aliphatic carbocycles. The molecule has 0 saturated heterocycles. The molecule has 5 heteroatoms. The van der Waals surface area contributed by atoms with Crippen LogP contribution < -0.4 is 11.3 Å². The van der Waals surface area contributed by atoms with Crippen LogP contribution in [0.4, 0.5) is 10.2 Å². The first-order chi connectivity index (χ1) is 5.83. The van der Waals surface area contributed by atoms with Gasteiger partial charge in [-0.1, -0.05) is 6.07 Å². The number of fused-ring (bicyclic) bond motifs is 1. The number of hydrazine groups is 1. The highest BCUT2D eigenvalue weighted by Crippen LogP contribution is 2.21. The van der Waals surface area contributed by atoms with Crippen molar-refractivity contribution in [2.24, 2.45) is 5.84 Å². The van der Waals surface area contributed by atoms with Crippen molar-refractivity contribution in [3.05, 3.63) is 24.0 Å². The molecule has 0 amide bonds. The fourth-order valence-corrected chi connectivity index (χ4v) is 1.13. The van der Waals surface area contributed by atoms with Crippen LogP contribution in [-0.4, -0.2) is 10.2 Å². The van der Waals surface area contributed by atoms with Crippen molar-refractivity contribution in [3.8, 4) is 0 Å². The summed E-state index contributed by atoms with van der Waals surface area (Å²) in [6.07, 6.45) is 0. The zero-order valence-corrected chi connectivity index (χ0v) is 6.13. The number of hydrogen-bond donors (Lipinski definition) is 3. The Labute approximate surface area is 67.5 Å². The lowest BCUT2D eigenvalue weighted by atomic mass is 10.2. The molecule has 0 spiro atoms. The van der Waals surface area contributed by atoms with Gasteiger partial charge in [-0.2, -0.15) is 5.10 Å². The number of hydrogen-bond acceptors (Lipinski definition) is 3. The van der Waals surface area contributed by atoms with Crippen LogP contribution in [-0.2, 0) is 0 Å². The average Bonchev–Trinajstić information content (AvgIpc) is 2.49. The molecule has 0 bridgehead atoms. The highest BCUT2D eigenvalue weighted by molar-refractivity contribution is 5.89. The van der Waals surface area contributed by atoms with Crippen LogP contribution in [0.5, 0.6) is 0 Å². The summed E-state index contributed by atoms with van der Waals surface area (Å²) in [6, 6.07) is 4.70. The molecule has 0 aliphatic heterocycles. The van der Waals surface area contributed by atoms with Gasteiger partial charge in [0.25, 0.3) is 0 Å². The molecular weight excluding hydrogens is 159 g/mol. The van der Waals surface area contributed by atoms with Gasteiger partial charge in [0.1, 0.15) is 5.82 Å². The lowest BCUT2D eigenvalue weighted by Crippen LogP contribution is -2.07. The van der Waals surface area contributed by atoms with Gasteiger partial charge in [0.05, 0.1) is 10.9 Å². The van der Waals surface area contributed by atoms with Crippen LogP contribution in [0.25, 0.3) is 10.9 Å². The third-order valence-corrected chi connectivity index (χ3v) is 1.68. The van der Waals surface area contributed by atoms with Crippen LogP contribution >= 0.6 is 0 Å². The van der Waals surface area contributed by atoms with E-state index in [1.165, 1.54) is 6.07 Å². The van der Waals surface area contributed by atoms with Gasteiger partial charge in [0.2, 0.25) is 0 Å². The van der Waals surface area contributed by atoms with Crippen molar-refractivity contribution < 1.29 is 4.39 Å². The normalized spacial score (nSPS) is 10.5. The van der Waals surface area contributed by atoms with Gasteiger partial charge in [-0.3, -0.25) is 5.10 Å². The molecule has 4 N–H and O–H groups in total. The highest BCUT2D eigenvalue weighted by Gasteiger charge is 2.07. The van der Waals surface area contributed by atoms with Gasteiger partial charge in [-0.05, 0) is 12.1 Å². The van der Waals surface area contributed by atoms with Gasteiger partial charge in [0.15, 0.2) is 5.82 Å². The quantitative estimate of drug-likeness (QED) is 0.437. The fourth-order valence-electron chi connectivity index (χ4n) is 1.13. The standard InChI is InChI=1S/C7H7FN4/c8-4-2-1-3-5-6(4)7(10-9)12-11-5/h1-3H,9H2,(H2,10,11,12). The van der Waals surface area contributed by atoms with E-state index < -0.39 is 0 Å². The third kappa shape index (κ3) is 0.835. The molecule has 2 rings (SSSR count). The van der Waals surface area contributed by atoms with Crippen molar-refractivity contribution in [2.45, 2.75) is 0 Å². The number of rotatable bonds is 1. The third-order valence-electron chi connectivity index (χ3n) is 1.68. The molecule has 1 heterocycles. The molecule has 0 saturated carbocycles. The largest absolute Gasteiger partial charge is 0.306 e. The van der Waals surface area contributed by atoms with Gasteiger partial charge in [0, 0.05) is 0 Å². The molecular formula is C7H7FN4. The van der Waals surface area contributed by atoms with Crippen molar-refractivity contribution in [1.29, 1.82) is 0 Å². The number of nitrogen functional groups attached to an aromatic ring is 1. The number of H-pyrrole nitrogens is 1. The number of nitrogens with one attached hydrogen (secondary N) is 2. The van der Waals surface area contributed by atoms with E-state index >= 15 is 0 Å². The lowest BCUT2D eigenvalue weighted by molar-refractivity contribution is 0.640. The second-order valence-electron chi connectivity index (χ2n) is 2.38. The molecule has 0 radical (unpaired) electrons. The molecule has 0 atom stereocenters. The summed E-state index contributed by atoms with van der Waals surface area (Å²) in [6.45, 7) is 0. The number of nitrogens with two attached hydrogens (primary N) is 1. The molecule has 62 valence electrons. The average molecular weight is 166 g/mol. The topological polar surface area (TPSA) is 66.7 Å². The number of halogens is 1. The molecule has 4 nitrogen and oxygen atoms in total. The van der Waals surface area contributed by atoms with Crippen LogP contribution in [0.15, 0.2) is 18.2 Å². The summed E-state index contributed by atoms with van der Waals surface area (Å²) < 4.78 is 13.1. The summed E-state index contributed by atoms with van der Waals surface area (Å²) in [5, 5.41) is 6.81. The summed E-state index contributed by atoms with van der Waals surface area (Å²) in [4.78, 5) is 0. The molecule has 0 unspecified atom stereocenters. The number of aromatic amines is 1. The van der Waals surface area contributed by atoms with Crippen molar-refractivity contribution in [3.63, 3.8) is 0 Å². The zero-order chi connectivity index (χ0) is 8.55. The maximum absolute atomic E-state index is 13.1. The molecule has 0 fully saturated rings. The van der Waals surface area contributed by atoms with Crippen molar-refractivity contribution in [1.82, 2.24) is 10.2 Å². The Hall–Kier alpha value is -1.62. The molecule has 0 aliphatic rings. The van der Waals surface area contributed by atoms with E-state index in [2.05, 4.69) is 15.6 Å². The monoisotopic (exact) mass is 166 g/mol. The summed E-state index contributed by atoms with van der Waals surface area (Å²) in [5.74, 6) is 5.11. The second kappa shape index (κ2) is 2.46. The summed E-state index contributed by atoms with van der Waals surface area (Å²) in [5.41, 5.74) is 2.94. The predicted molar refractivity (Wildman–Crippen MR) is 43.9 cm³/mol. The van der Waals surface area contributed by atoms with E-state index in [1.807, 2.05) is 0 Å². The van der Waals surface area contributed by atoms with Gasteiger partial charge in [-0.25, -0.2) is 10.2 Å². The Kier molecular flexibility index (Phi) is 1.44. The van der Waals surface area contributed by atoms with E-state index in [-0.39, 0.29) is 5.82 Å². The van der Waals surface area contributed by atoms with Crippen LogP contribution in [0.3, 0.4) is 0 Å². The first kappa shape index (κ1) is 7.05. The molecule has 2 aromatic rings. The van der Waals surface area contributed by atoms with E-state index in [0.717, 1.165) is 0 Å². The maximum atomic E-state index is 13.1. The lowest BCUT2D eigenvalue weighted by Gasteiger charge is -1.94. The number of nitrogens with zero attached hydrogens (tertiary/aromatic N) is 1. The SMILES string of the molecule is NNc1n[nH]c2cccc(F)c12. The van der Waals surface area contributed by atoms with Gasteiger partial charge >= 0.3 is 0 Å². The van der Waals surface area contributed by atoms with Crippen molar-refractivity contribution >= 4 is 16.7 Å². The van der Waals surface area contributed by atoms with E-state index in [9.17, 15) is 4.39 Å². The van der Waals surface area contributed by atoms with Crippen LogP contribution in [0.1, 0.15) is 0 Å². The Bertz CT molecular complexity index is 409. The van der Waals surface area contributed by atoms with Crippen LogP contribution in [0, 0.1) is 5.82 Å². The Morgan fingerprint density at radius 3 is 3.08 bits per heavy atom. The first-order valence-electron chi connectivity index (χ1n) is 3.42. The Morgan fingerprint density at radius 2 is 2.33 bits per heavy atom. The summed E-state index contributed by atoms with van der Waals surface area (Å²) >= 11 is 0. The Morgan fingerprint density at radius 1 is 1.50 bits per heavy atom. The minimum absolute atomic E-state index is 0.322. The number of anilines is 1. The zero-order valence-electron chi connectivity index (χ0n) is 6.13. The molecule has 1 aromatic heterocycles. The molecule has 12 heavy (non-hydrogen) atoms. The second-order valence-corrected chi connectivity index (χ2v) is 2.38. The Balaban J connectivity index is 2.83. The predicted octanol–water partition coefficient (Wildman–Crippen LogP) is 0.988. The van der Waals surface area contributed by atoms with Gasteiger partial charge < -0.3 is 5.43 Å². The minimum atomic E-state index is -0.339. The summed E-state index contributed by atoms with van der Waals surface area (Å²) in [7, 11) is 0. The van der Waals surface area contributed by atoms with Gasteiger partial charge in [-0.15, -0.1) is 0 Å². The fraction of sp³-hybridized carbons (Fsp3) is 0. The smallest absolute Gasteiger partial charge is 0.172 e. The minimum Gasteiger partial charge on any atom is -0.306 e. The highest BCUT2D eigenvalue weighted by atomic mass is 19.1. The van der Waals surface area contributed by atoms with E-state index in [4.69, 9.17) is 5.84 Å². The molecule has 1 aromatic carbocycles. The van der Waals surface area contributed by atoms with E-state index in [0.29, 0.717) is 16.7 Å².